The van der Waals surface area contributed by atoms with Crippen LogP contribution in [0.2, 0.25) is 0 Å². The fourth-order valence-corrected chi connectivity index (χ4v) is 4.70. The minimum absolute atomic E-state index is 0.0779. The van der Waals surface area contributed by atoms with Crippen LogP contribution < -0.4 is 4.90 Å². The molecule has 0 radical (unpaired) electrons. The van der Waals surface area contributed by atoms with Crippen molar-refractivity contribution in [1.29, 1.82) is 0 Å². The Morgan fingerprint density at radius 1 is 0.917 bits per heavy atom. The van der Waals surface area contributed by atoms with Gasteiger partial charge in [-0.1, -0.05) is 24.3 Å². The zero-order chi connectivity index (χ0) is 16.4. The van der Waals surface area contributed by atoms with Crippen LogP contribution in [0.5, 0.6) is 0 Å². The monoisotopic (exact) mass is 318 g/mol. The number of rotatable bonds is 1. The van der Waals surface area contributed by atoms with E-state index in [1.165, 1.54) is 11.1 Å². The number of imide groups is 1. The third-order valence-corrected chi connectivity index (χ3v) is 5.59. The van der Waals surface area contributed by atoms with Gasteiger partial charge in [0, 0.05) is 18.5 Å². The number of pyridine rings is 1. The van der Waals surface area contributed by atoms with Crippen LogP contribution in [0.1, 0.15) is 29.4 Å². The number of carbonyl (C=O) groups excluding carboxylic acids is 3. The molecule has 5 heteroatoms. The molecule has 4 aliphatic rings. The molecule has 5 nitrogen and oxygen atoms in total. The maximum absolute atomic E-state index is 13.0. The third kappa shape index (κ3) is 1.54. The van der Waals surface area contributed by atoms with Gasteiger partial charge < -0.3 is 0 Å². The molecule has 1 saturated heterocycles. The lowest BCUT2D eigenvalue weighted by Crippen LogP contribution is -2.44. The lowest BCUT2D eigenvalue weighted by Gasteiger charge is -2.43. The van der Waals surface area contributed by atoms with E-state index in [9.17, 15) is 14.4 Å². The predicted molar refractivity (Wildman–Crippen MR) is 85.3 cm³/mol. The number of carbonyl (C=O) groups is 3. The third-order valence-electron chi connectivity index (χ3n) is 5.59. The summed E-state index contributed by atoms with van der Waals surface area (Å²) in [5, 5.41) is 0. The molecule has 1 aromatic carbocycles. The number of Topliss-reactive ketones (excluding diaryl/α,β-unsaturated/α-hetero) is 1. The average molecular weight is 318 g/mol. The van der Waals surface area contributed by atoms with Gasteiger partial charge in [0.25, 0.3) is 0 Å². The van der Waals surface area contributed by atoms with E-state index in [-0.39, 0.29) is 23.5 Å². The van der Waals surface area contributed by atoms with Crippen molar-refractivity contribution in [3.63, 3.8) is 0 Å². The average Bonchev–Trinajstić information content (AvgIpc) is 2.88. The van der Waals surface area contributed by atoms with Crippen LogP contribution in [-0.2, 0) is 14.4 Å². The highest BCUT2D eigenvalue weighted by atomic mass is 16.2. The maximum atomic E-state index is 13.0. The van der Waals surface area contributed by atoms with Crippen LogP contribution >= 0.6 is 0 Å². The first-order valence-electron chi connectivity index (χ1n) is 8.08. The molecule has 3 aliphatic carbocycles. The Balaban J connectivity index is 1.68. The molecule has 2 bridgehead atoms. The summed E-state index contributed by atoms with van der Waals surface area (Å²) >= 11 is 0. The topological polar surface area (TPSA) is 67.3 Å². The zero-order valence-corrected chi connectivity index (χ0v) is 12.8. The second kappa shape index (κ2) is 4.60. The minimum Gasteiger partial charge on any atom is -0.299 e. The summed E-state index contributed by atoms with van der Waals surface area (Å²) in [6.07, 6.45) is 3.47. The molecule has 4 atom stereocenters. The van der Waals surface area contributed by atoms with Gasteiger partial charge in [-0.15, -0.1) is 0 Å². The number of hydrogen-bond acceptors (Lipinski definition) is 4. The summed E-state index contributed by atoms with van der Waals surface area (Å²) in [5.41, 5.74) is 2.46. The minimum atomic E-state index is -0.571. The van der Waals surface area contributed by atoms with Crippen molar-refractivity contribution in [2.24, 2.45) is 11.8 Å². The Kier molecular flexibility index (Phi) is 2.61. The number of anilines is 1. The summed E-state index contributed by atoms with van der Waals surface area (Å²) in [6, 6.07) is 11.1. The number of hydrogen-bond donors (Lipinski definition) is 0. The first kappa shape index (κ1) is 13.6. The molecule has 6 rings (SSSR count). The molecular formula is C19H14N2O3. The molecule has 2 amide bonds. The largest absolute Gasteiger partial charge is 0.299 e. The van der Waals surface area contributed by atoms with Gasteiger partial charge >= 0.3 is 0 Å². The van der Waals surface area contributed by atoms with Gasteiger partial charge in [0.1, 0.15) is 5.78 Å². The number of benzene rings is 1. The van der Waals surface area contributed by atoms with Crippen molar-refractivity contribution < 1.29 is 14.4 Å². The normalized spacial score (nSPS) is 30.5. The summed E-state index contributed by atoms with van der Waals surface area (Å²) in [6.45, 7) is 0. The Labute approximate surface area is 138 Å². The number of nitrogens with zero attached hydrogens (tertiary/aromatic N) is 2. The van der Waals surface area contributed by atoms with E-state index in [0.29, 0.717) is 12.1 Å². The van der Waals surface area contributed by atoms with Gasteiger partial charge in [0.2, 0.25) is 11.8 Å². The quantitative estimate of drug-likeness (QED) is 0.755. The van der Waals surface area contributed by atoms with Crippen LogP contribution in [-0.4, -0.2) is 22.6 Å². The first-order valence-corrected chi connectivity index (χ1v) is 8.08. The summed E-state index contributed by atoms with van der Waals surface area (Å²) < 4.78 is 0. The maximum Gasteiger partial charge on any atom is 0.238 e. The van der Waals surface area contributed by atoms with E-state index in [1.807, 2.05) is 24.3 Å². The molecule has 1 aromatic heterocycles. The standard InChI is InChI=1S/C19H14N2O3/c22-14-8-13-11-5-1-2-6-12(11)15(14)17-16(13)18(23)21(19(17)24)10-4-3-7-20-9-10/h1-7,9,13,15-17H,8H2/t13-,15-,16+,17+/m0/s1. The van der Waals surface area contributed by atoms with E-state index in [0.717, 1.165) is 11.1 Å². The highest BCUT2D eigenvalue weighted by molar-refractivity contribution is 6.24. The predicted octanol–water partition coefficient (Wildman–Crippen LogP) is 2.04. The molecule has 2 fully saturated rings. The van der Waals surface area contributed by atoms with Crippen molar-refractivity contribution in [3.05, 3.63) is 59.9 Å². The van der Waals surface area contributed by atoms with Gasteiger partial charge in [-0.05, 0) is 23.3 Å². The van der Waals surface area contributed by atoms with Crippen LogP contribution in [0.3, 0.4) is 0 Å². The lowest BCUT2D eigenvalue weighted by molar-refractivity contribution is -0.134. The highest BCUT2D eigenvalue weighted by Gasteiger charge is 2.62. The number of fused-ring (bicyclic) bond motifs is 1. The fourth-order valence-electron chi connectivity index (χ4n) is 4.70. The van der Waals surface area contributed by atoms with Crippen molar-refractivity contribution >= 4 is 23.3 Å². The van der Waals surface area contributed by atoms with Crippen molar-refractivity contribution in [1.82, 2.24) is 4.98 Å². The van der Waals surface area contributed by atoms with Gasteiger partial charge in [-0.25, -0.2) is 4.90 Å². The van der Waals surface area contributed by atoms with E-state index < -0.39 is 17.8 Å². The molecule has 2 aromatic rings. The number of amides is 2. The Morgan fingerprint density at radius 2 is 1.67 bits per heavy atom. The molecule has 0 spiro atoms. The molecule has 24 heavy (non-hydrogen) atoms. The lowest BCUT2D eigenvalue weighted by atomic mass is 9.56. The summed E-state index contributed by atoms with van der Waals surface area (Å²) in [5.74, 6) is -2.08. The van der Waals surface area contributed by atoms with E-state index in [2.05, 4.69) is 4.98 Å². The molecule has 118 valence electrons. The Hall–Kier alpha value is -2.82. The van der Waals surface area contributed by atoms with Gasteiger partial charge in [-0.2, -0.15) is 0 Å². The summed E-state index contributed by atoms with van der Waals surface area (Å²) in [7, 11) is 0. The highest BCUT2D eigenvalue weighted by Crippen LogP contribution is 2.57. The molecular weight excluding hydrogens is 304 g/mol. The van der Waals surface area contributed by atoms with Crippen LogP contribution in [0, 0.1) is 11.8 Å². The molecule has 0 N–H and O–H groups in total. The molecule has 0 unspecified atom stereocenters. The van der Waals surface area contributed by atoms with Crippen LogP contribution in [0.15, 0.2) is 48.8 Å². The van der Waals surface area contributed by atoms with E-state index in [4.69, 9.17) is 0 Å². The van der Waals surface area contributed by atoms with E-state index in [1.54, 1.807) is 18.3 Å². The fraction of sp³-hybridized carbons (Fsp3) is 0.263. The van der Waals surface area contributed by atoms with E-state index >= 15 is 0 Å². The Morgan fingerprint density at radius 3 is 2.42 bits per heavy atom. The Bertz CT molecular complexity index is 892. The van der Waals surface area contributed by atoms with Crippen LogP contribution in [0.25, 0.3) is 0 Å². The second-order valence-electron chi connectivity index (χ2n) is 6.66. The van der Waals surface area contributed by atoms with Crippen molar-refractivity contribution in [2.75, 3.05) is 4.90 Å². The SMILES string of the molecule is O=C1C[C@H]2c3ccccc3[C@@H]1[C@H]1C(=O)N(c3cccnc3)C(=O)[C@@H]12. The molecule has 1 aliphatic heterocycles. The molecule has 1 saturated carbocycles. The van der Waals surface area contributed by atoms with Crippen molar-refractivity contribution in [3.8, 4) is 0 Å². The number of aromatic nitrogens is 1. The van der Waals surface area contributed by atoms with Gasteiger partial charge in [0.15, 0.2) is 0 Å². The first-order chi connectivity index (χ1) is 11.7. The second-order valence-corrected chi connectivity index (χ2v) is 6.66. The van der Waals surface area contributed by atoms with Crippen LogP contribution in [0.4, 0.5) is 5.69 Å². The smallest absolute Gasteiger partial charge is 0.238 e. The number of ketones is 1. The van der Waals surface area contributed by atoms with Gasteiger partial charge in [0.05, 0.1) is 29.6 Å². The van der Waals surface area contributed by atoms with Crippen molar-refractivity contribution in [2.45, 2.75) is 18.3 Å². The summed E-state index contributed by atoms with van der Waals surface area (Å²) in [4.78, 5) is 43.8. The van der Waals surface area contributed by atoms with Gasteiger partial charge in [-0.3, -0.25) is 19.4 Å². The molecule has 2 heterocycles. The zero-order valence-electron chi connectivity index (χ0n) is 12.8.